The smallest absolute Gasteiger partial charge is 0.228 e. The first-order valence-electron chi connectivity index (χ1n) is 11.8. The Balaban J connectivity index is 1.37. The van der Waals surface area contributed by atoms with Crippen molar-refractivity contribution < 1.29 is 9.18 Å². The van der Waals surface area contributed by atoms with Gasteiger partial charge in [0.15, 0.2) is 0 Å². The van der Waals surface area contributed by atoms with Crippen molar-refractivity contribution >= 4 is 22.6 Å². The number of benzene rings is 3. The van der Waals surface area contributed by atoms with Crippen molar-refractivity contribution in [2.24, 2.45) is 5.92 Å². The van der Waals surface area contributed by atoms with E-state index in [1.807, 2.05) is 56.3 Å². The molecule has 1 N–H and O–H groups in total. The van der Waals surface area contributed by atoms with Gasteiger partial charge in [0.25, 0.3) is 0 Å². The fourth-order valence-corrected chi connectivity index (χ4v) is 4.91. The largest absolute Gasteiger partial charge is 0.325 e. The minimum Gasteiger partial charge on any atom is -0.325 e. The monoisotopic (exact) mass is 456 g/mol. The fourth-order valence-electron chi connectivity index (χ4n) is 4.91. The first-order chi connectivity index (χ1) is 16.5. The summed E-state index contributed by atoms with van der Waals surface area (Å²) < 4.78 is 15.7. The molecule has 1 aromatic heterocycles. The average molecular weight is 457 g/mol. The molecule has 4 aromatic rings. The van der Waals surface area contributed by atoms with Crippen molar-refractivity contribution in [2.45, 2.75) is 33.2 Å². The van der Waals surface area contributed by atoms with Crippen LogP contribution in [0.3, 0.4) is 0 Å². The van der Waals surface area contributed by atoms with Gasteiger partial charge in [0.1, 0.15) is 11.6 Å². The molecule has 2 heterocycles. The number of imidazole rings is 1. The number of anilines is 1. The van der Waals surface area contributed by atoms with Gasteiger partial charge in [0.2, 0.25) is 5.91 Å². The number of nitrogens with one attached hydrogen (secondary N) is 1. The van der Waals surface area contributed by atoms with E-state index in [9.17, 15) is 9.18 Å². The van der Waals surface area contributed by atoms with Gasteiger partial charge in [0, 0.05) is 17.9 Å². The predicted octanol–water partition coefficient (Wildman–Crippen LogP) is 5.63. The van der Waals surface area contributed by atoms with Gasteiger partial charge >= 0.3 is 0 Å². The molecule has 1 atom stereocenters. The molecule has 1 aliphatic rings. The number of aromatic nitrogens is 2. The Labute approximate surface area is 199 Å². The van der Waals surface area contributed by atoms with E-state index >= 15 is 0 Å². The third kappa shape index (κ3) is 4.46. The van der Waals surface area contributed by atoms with Gasteiger partial charge in [-0.25, -0.2) is 9.37 Å². The van der Waals surface area contributed by atoms with Gasteiger partial charge in [-0.3, -0.25) is 14.3 Å². The third-order valence-corrected chi connectivity index (χ3v) is 6.69. The molecule has 0 bridgehead atoms. The number of fused-ring (bicyclic) bond motifs is 1. The Morgan fingerprint density at radius 1 is 1.03 bits per heavy atom. The van der Waals surface area contributed by atoms with E-state index in [1.54, 1.807) is 12.1 Å². The van der Waals surface area contributed by atoms with Gasteiger partial charge in [-0.15, -0.1) is 0 Å². The Morgan fingerprint density at radius 3 is 2.53 bits per heavy atom. The summed E-state index contributed by atoms with van der Waals surface area (Å²) in [4.78, 5) is 20.3. The number of piperidine rings is 1. The molecule has 3 aromatic carbocycles. The normalized spacial score (nSPS) is 16.6. The van der Waals surface area contributed by atoms with Crippen LogP contribution >= 0.6 is 0 Å². The Morgan fingerprint density at radius 2 is 1.76 bits per heavy atom. The minimum atomic E-state index is -0.261. The quantitative estimate of drug-likeness (QED) is 0.423. The standard InChI is InChI=1S/C28H29FN4O/c1-19-7-5-8-20(2)27(19)31-28(34)21-9-6-16-32(17-21)18-26-30-24-10-3-4-11-25(24)33(26)23-14-12-22(29)13-15-23/h3-5,7-8,10-15,21H,6,9,16-18H2,1-2H3,(H,31,34)/t21-/m0/s1. The lowest BCUT2D eigenvalue weighted by molar-refractivity contribution is -0.121. The molecular formula is C28H29FN4O. The second-order valence-electron chi connectivity index (χ2n) is 9.16. The molecule has 0 unspecified atom stereocenters. The number of carbonyl (C=O) groups excluding carboxylic acids is 1. The second-order valence-corrected chi connectivity index (χ2v) is 9.16. The summed E-state index contributed by atoms with van der Waals surface area (Å²) in [6.07, 6.45) is 1.84. The zero-order valence-corrected chi connectivity index (χ0v) is 19.6. The maximum atomic E-state index is 13.6. The van der Waals surface area contributed by atoms with Crippen LogP contribution in [0.5, 0.6) is 0 Å². The van der Waals surface area contributed by atoms with Crippen LogP contribution in [0.2, 0.25) is 0 Å². The molecule has 0 radical (unpaired) electrons. The van der Waals surface area contributed by atoms with E-state index in [1.165, 1.54) is 12.1 Å². The van der Waals surface area contributed by atoms with Crippen LogP contribution in [-0.2, 0) is 11.3 Å². The van der Waals surface area contributed by atoms with Crippen LogP contribution in [-0.4, -0.2) is 33.4 Å². The third-order valence-electron chi connectivity index (χ3n) is 6.69. The van der Waals surface area contributed by atoms with Crippen LogP contribution in [0.15, 0.2) is 66.7 Å². The number of nitrogens with zero attached hydrogens (tertiary/aromatic N) is 3. The van der Waals surface area contributed by atoms with Gasteiger partial charge in [-0.05, 0) is 80.8 Å². The SMILES string of the molecule is Cc1cccc(C)c1NC(=O)[C@H]1CCCN(Cc2nc3ccccc3n2-c2ccc(F)cc2)C1. The van der Waals surface area contributed by atoms with E-state index in [-0.39, 0.29) is 17.6 Å². The number of para-hydroxylation sites is 3. The zero-order chi connectivity index (χ0) is 23.7. The molecule has 0 saturated carbocycles. The maximum absolute atomic E-state index is 13.6. The average Bonchev–Trinajstić information content (AvgIpc) is 3.20. The number of rotatable bonds is 5. The lowest BCUT2D eigenvalue weighted by Gasteiger charge is -2.32. The molecule has 0 spiro atoms. The number of halogens is 1. The number of amides is 1. The van der Waals surface area contributed by atoms with Crippen LogP contribution < -0.4 is 5.32 Å². The topological polar surface area (TPSA) is 50.2 Å². The number of carbonyl (C=O) groups is 1. The second kappa shape index (κ2) is 9.39. The summed E-state index contributed by atoms with van der Waals surface area (Å²) in [6, 6.07) is 20.6. The molecular weight excluding hydrogens is 427 g/mol. The minimum absolute atomic E-state index is 0.0728. The zero-order valence-electron chi connectivity index (χ0n) is 19.6. The fraction of sp³-hybridized carbons (Fsp3) is 0.286. The summed E-state index contributed by atoms with van der Waals surface area (Å²) in [5, 5.41) is 3.17. The summed E-state index contributed by atoms with van der Waals surface area (Å²) in [5.41, 5.74) is 5.85. The highest BCUT2D eigenvalue weighted by Crippen LogP contribution is 2.26. The summed E-state index contributed by atoms with van der Waals surface area (Å²) in [7, 11) is 0. The predicted molar refractivity (Wildman–Crippen MR) is 134 cm³/mol. The molecule has 5 rings (SSSR count). The lowest BCUT2D eigenvalue weighted by Crippen LogP contribution is -2.40. The molecule has 34 heavy (non-hydrogen) atoms. The summed E-state index contributed by atoms with van der Waals surface area (Å²) in [6.45, 7) is 6.27. The van der Waals surface area contributed by atoms with Gasteiger partial charge in [-0.1, -0.05) is 30.3 Å². The number of hydrogen-bond acceptors (Lipinski definition) is 3. The Bertz CT molecular complexity index is 1310. The van der Waals surface area contributed by atoms with Gasteiger partial charge in [-0.2, -0.15) is 0 Å². The van der Waals surface area contributed by atoms with Crippen LogP contribution in [0, 0.1) is 25.6 Å². The molecule has 6 heteroatoms. The van der Waals surface area contributed by atoms with E-state index in [2.05, 4.69) is 14.8 Å². The highest BCUT2D eigenvalue weighted by atomic mass is 19.1. The molecule has 0 aliphatic carbocycles. The number of aryl methyl sites for hydroxylation is 2. The van der Waals surface area contributed by atoms with Crippen LogP contribution in [0.1, 0.15) is 29.8 Å². The number of hydrogen-bond donors (Lipinski definition) is 1. The van der Waals surface area contributed by atoms with E-state index < -0.39 is 0 Å². The molecule has 1 fully saturated rings. The maximum Gasteiger partial charge on any atom is 0.228 e. The first kappa shape index (κ1) is 22.3. The number of likely N-dealkylation sites (tertiary alicyclic amines) is 1. The molecule has 1 saturated heterocycles. The molecule has 174 valence electrons. The van der Waals surface area contributed by atoms with Crippen LogP contribution in [0.25, 0.3) is 16.7 Å². The molecule has 5 nitrogen and oxygen atoms in total. The van der Waals surface area contributed by atoms with E-state index in [0.717, 1.165) is 58.7 Å². The molecule has 1 amide bonds. The first-order valence-corrected chi connectivity index (χ1v) is 11.8. The van der Waals surface area contributed by atoms with Crippen LogP contribution in [0.4, 0.5) is 10.1 Å². The van der Waals surface area contributed by atoms with Crippen molar-refractivity contribution in [3.05, 3.63) is 89.5 Å². The Kier molecular flexibility index (Phi) is 6.16. The Hall–Kier alpha value is -3.51. The van der Waals surface area contributed by atoms with Crippen molar-refractivity contribution in [1.29, 1.82) is 0 Å². The van der Waals surface area contributed by atoms with Crippen molar-refractivity contribution in [3.63, 3.8) is 0 Å². The van der Waals surface area contributed by atoms with Gasteiger partial charge < -0.3 is 5.32 Å². The lowest BCUT2D eigenvalue weighted by atomic mass is 9.96. The van der Waals surface area contributed by atoms with E-state index in [4.69, 9.17) is 4.98 Å². The van der Waals surface area contributed by atoms with Crippen molar-refractivity contribution in [3.8, 4) is 5.69 Å². The highest BCUT2D eigenvalue weighted by Gasteiger charge is 2.27. The van der Waals surface area contributed by atoms with Gasteiger partial charge in [0.05, 0.1) is 23.5 Å². The summed E-state index contributed by atoms with van der Waals surface area (Å²) >= 11 is 0. The molecule has 1 aliphatic heterocycles. The van der Waals surface area contributed by atoms with E-state index in [0.29, 0.717) is 13.1 Å². The van der Waals surface area contributed by atoms with Crippen molar-refractivity contribution in [2.75, 3.05) is 18.4 Å². The highest BCUT2D eigenvalue weighted by molar-refractivity contribution is 5.94. The summed E-state index contributed by atoms with van der Waals surface area (Å²) in [5.74, 6) is 0.637. The van der Waals surface area contributed by atoms with Crippen molar-refractivity contribution in [1.82, 2.24) is 14.5 Å².